The zero-order valence-electron chi connectivity index (χ0n) is 52.2. The zero-order chi connectivity index (χ0) is 58.6. The van der Waals surface area contributed by atoms with Gasteiger partial charge in [0.1, 0.15) is 19.3 Å². The van der Waals surface area contributed by atoms with Crippen molar-refractivity contribution in [2.45, 2.75) is 270 Å². The molecule has 0 saturated carbocycles. The van der Waals surface area contributed by atoms with Crippen LogP contribution >= 0.6 is 7.82 Å². The average Bonchev–Trinajstić information content (AvgIpc) is 3.42. The summed E-state index contributed by atoms with van der Waals surface area (Å²) in [5.74, 6) is -0.582. The van der Waals surface area contributed by atoms with Crippen molar-refractivity contribution < 1.29 is 37.3 Å². The van der Waals surface area contributed by atoms with Crippen molar-refractivity contribution in [2.75, 3.05) is 40.9 Å². The normalized spacial score (nSPS) is 14.4. The lowest BCUT2D eigenvalue weighted by Crippen LogP contribution is -2.47. The Morgan fingerprint density at radius 2 is 0.800 bits per heavy atom. The number of carbonyl (C=O) groups excluding carboxylic acids is 2. The van der Waals surface area contributed by atoms with Gasteiger partial charge in [0.05, 0.1) is 33.8 Å². The number of likely N-dealkylation sites (N-methyl/N-ethyl adjacent to an activating group) is 1. The maximum atomic E-state index is 13.6. The second kappa shape index (κ2) is 58.6. The van der Waals surface area contributed by atoms with Crippen LogP contribution in [0.15, 0.2) is 122 Å². The van der Waals surface area contributed by atoms with Crippen LogP contribution in [0.4, 0.5) is 0 Å². The molecule has 10 heteroatoms. The molecule has 0 saturated heterocycles. The Labute approximate surface area is 493 Å². The Morgan fingerprint density at radius 3 is 1.20 bits per heavy atom. The molecule has 0 aliphatic carbocycles. The minimum absolute atomic E-state index is 0.0340. The summed E-state index contributed by atoms with van der Waals surface area (Å²) in [6.07, 6.45) is 81.7. The molecule has 0 aliphatic rings. The molecule has 0 rings (SSSR count). The van der Waals surface area contributed by atoms with Crippen LogP contribution in [0.5, 0.6) is 0 Å². The summed E-state index contributed by atoms with van der Waals surface area (Å²) in [7, 11) is 1.15. The summed E-state index contributed by atoms with van der Waals surface area (Å²) in [4.78, 5) is 40.0. The molecule has 0 aliphatic heterocycles. The van der Waals surface area contributed by atoms with E-state index in [2.05, 4.69) is 135 Å². The molecule has 0 radical (unpaired) electrons. The number of phosphoric acid groups is 1. The van der Waals surface area contributed by atoms with Gasteiger partial charge in [-0.25, -0.2) is 0 Å². The van der Waals surface area contributed by atoms with Crippen LogP contribution in [0, 0.1) is 0 Å². The number of carbonyl (C=O) groups is 2. The quantitative estimate of drug-likeness (QED) is 0.0212. The van der Waals surface area contributed by atoms with E-state index in [4.69, 9.17) is 13.8 Å². The van der Waals surface area contributed by atoms with Gasteiger partial charge in [0.2, 0.25) is 5.91 Å². The van der Waals surface area contributed by atoms with Crippen molar-refractivity contribution in [3.8, 4) is 0 Å². The van der Waals surface area contributed by atoms with Gasteiger partial charge in [-0.2, -0.15) is 0 Å². The molecule has 0 spiro atoms. The molecule has 80 heavy (non-hydrogen) atoms. The van der Waals surface area contributed by atoms with E-state index in [-0.39, 0.29) is 24.9 Å². The number of nitrogens with one attached hydrogen (secondary N) is 1. The van der Waals surface area contributed by atoms with Gasteiger partial charge in [0.25, 0.3) is 7.82 Å². The fraction of sp³-hybridized carbons (Fsp3) is 0.686. The molecule has 1 amide bonds. The summed E-state index contributed by atoms with van der Waals surface area (Å²) >= 11 is 0. The Balaban J connectivity index is 5.18. The summed E-state index contributed by atoms with van der Waals surface area (Å²) in [5, 5.41) is 3.02. The highest BCUT2D eigenvalue weighted by Gasteiger charge is 2.27. The van der Waals surface area contributed by atoms with E-state index < -0.39 is 26.6 Å². The van der Waals surface area contributed by atoms with E-state index >= 15 is 0 Å². The maximum Gasteiger partial charge on any atom is 0.306 e. The topological polar surface area (TPSA) is 114 Å². The monoisotopic (exact) mass is 1130 g/mol. The van der Waals surface area contributed by atoms with Crippen molar-refractivity contribution >= 4 is 19.7 Å². The first kappa shape index (κ1) is 76.4. The summed E-state index contributed by atoms with van der Waals surface area (Å²) in [6, 6.07) is -0.911. The maximum absolute atomic E-state index is 13.6. The Morgan fingerprint density at radius 1 is 0.450 bits per heavy atom. The third-order valence-electron chi connectivity index (χ3n) is 13.6. The Bertz CT molecular complexity index is 1780. The number of allylic oxidation sites excluding steroid dienone is 19. The zero-order valence-corrected chi connectivity index (χ0v) is 53.1. The highest BCUT2D eigenvalue weighted by molar-refractivity contribution is 7.45. The van der Waals surface area contributed by atoms with Crippen molar-refractivity contribution in [1.82, 2.24) is 5.32 Å². The first-order valence-corrected chi connectivity index (χ1v) is 33.8. The molecule has 0 heterocycles. The minimum atomic E-state index is -4.72. The van der Waals surface area contributed by atoms with Gasteiger partial charge in [0, 0.05) is 12.8 Å². The highest BCUT2D eigenvalue weighted by atomic mass is 31.2. The number of esters is 1. The fourth-order valence-electron chi connectivity index (χ4n) is 8.72. The van der Waals surface area contributed by atoms with E-state index in [1.807, 2.05) is 33.3 Å². The smallest absolute Gasteiger partial charge is 0.306 e. The number of amides is 1. The molecule has 3 atom stereocenters. The predicted molar refractivity (Wildman–Crippen MR) is 343 cm³/mol. The lowest BCUT2D eigenvalue weighted by atomic mass is 10.0. The van der Waals surface area contributed by atoms with Gasteiger partial charge in [-0.05, 0) is 115 Å². The first-order chi connectivity index (χ1) is 38.9. The van der Waals surface area contributed by atoms with Crippen molar-refractivity contribution in [3.63, 3.8) is 0 Å². The van der Waals surface area contributed by atoms with Gasteiger partial charge < -0.3 is 28.5 Å². The molecule has 1 N–H and O–H groups in total. The van der Waals surface area contributed by atoms with Crippen LogP contribution in [-0.2, 0) is 27.9 Å². The van der Waals surface area contributed by atoms with E-state index in [0.717, 1.165) is 135 Å². The van der Waals surface area contributed by atoms with Crippen LogP contribution in [0.2, 0.25) is 0 Å². The number of ether oxygens (including phenoxy) is 1. The highest BCUT2D eigenvalue weighted by Crippen LogP contribution is 2.38. The minimum Gasteiger partial charge on any atom is -0.756 e. The lowest BCUT2D eigenvalue weighted by molar-refractivity contribution is -0.870. The summed E-state index contributed by atoms with van der Waals surface area (Å²) in [5.41, 5.74) is 0. The number of hydrogen-bond donors (Lipinski definition) is 1. The van der Waals surface area contributed by atoms with Gasteiger partial charge in [-0.3, -0.25) is 14.2 Å². The van der Waals surface area contributed by atoms with Crippen molar-refractivity contribution in [2.24, 2.45) is 0 Å². The van der Waals surface area contributed by atoms with Crippen LogP contribution in [0.1, 0.15) is 258 Å². The first-order valence-electron chi connectivity index (χ1n) is 32.3. The number of unbranched alkanes of at least 4 members (excludes halogenated alkanes) is 23. The lowest BCUT2D eigenvalue weighted by Gasteiger charge is -2.30. The number of quaternary nitrogens is 1. The van der Waals surface area contributed by atoms with Crippen LogP contribution in [0.3, 0.4) is 0 Å². The second-order valence-corrected chi connectivity index (χ2v) is 23.9. The standard InChI is InChI=1S/C70H121N2O7P/c1-7-10-13-16-19-22-25-28-30-31-32-33-34-35-36-37-38-39-40-41-42-44-47-50-53-56-59-62-69(73)71-67(66-78-80(75,76)77-65-64-72(4,5)6)68(61-58-55-52-49-46-43-27-24-21-18-15-12-9-3)79-70(74)63-60-57-54-51-48-45-29-26-23-20-17-14-11-8-2/h10-11,13-14,19-20,22-23,28-30,32-33,35-36,38-39,45,58,61,67-68H,7-9,12,15-18,21,24-27,31,34,37,40-44,46-57,59-60,62-66H2,1-6H3,(H-,71,73,75,76)/b13-10-,14-11+,22-19-,23-20+,30-28-,33-32-,36-35-,39-38-,45-29+,61-58-. The molecule has 0 aromatic carbocycles. The Hall–Kier alpha value is -3.59. The van der Waals surface area contributed by atoms with E-state index in [1.165, 1.54) is 83.5 Å². The number of hydrogen-bond acceptors (Lipinski definition) is 7. The third kappa shape index (κ3) is 59.0. The Kier molecular flexibility index (Phi) is 56.0. The molecule has 0 aromatic heterocycles. The van der Waals surface area contributed by atoms with E-state index in [0.29, 0.717) is 23.9 Å². The van der Waals surface area contributed by atoms with Crippen LogP contribution in [-0.4, -0.2) is 69.4 Å². The van der Waals surface area contributed by atoms with Gasteiger partial charge >= 0.3 is 5.97 Å². The molecule has 0 bridgehead atoms. The third-order valence-corrected chi connectivity index (χ3v) is 14.6. The number of rotatable bonds is 57. The van der Waals surface area contributed by atoms with Crippen molar-refractivity contribution in [3.05, 3.63) is 122 Å². The molecular formula is C70H121N2O7P. The molecule has 458 valence electrons. The fourth-order valence-corrected chi connectivity index (χ4v) is 9.44. The number of nitrogens with zero attached hydrogens (tertiary/aromatic N) is 1. The molecule has 9 nitrogen and oxygen atoms in total. The largest absolute Gasteiger partial charge is 0.756 e. The van der Waals surface area contributed by atoms with E-state index in [9.17, 15) is 19.0 Å². The van der Waals surface area contributed by atoms with Crippen LogP contribution in [0.25, 0.3) is 0 Å². The summed E-state index contributed by atoms with van der Waals surface area (Å²) in [6.45, 7) is 6.59. The van der Waals surface area contributed by atoms with E-state index in [1.54, 1.807) is 0 Å². The van der Waals surface area contributed by atoms with Gasteiger partial charge in [-0.1, -0.05) is 252 Å². The van der Waals surface area contributed by atoms with Crippen molar-refractivity contribution in [1.29, 1.82) is 0 Å². The molecular weight excluding hydrogens is 1010 g/mol. The molecule has 3 unspecified atom stereocenters. The molecule has 0 aromatic rings. The average molecular weight is 1130 g/mol. The second-order valence-electron chi connectivity index (χ2n) is 22.5. The van der Waals surface area contributed by atoms with Crippen LogP contribution < -0.4 is 10.2 Å². The number of phosphoric ester groups is 1. The predicted octanol–water partition coefficient (Wildman–Crippen LogP) is 19.6. The van der Waals surface area contributed by atoms with Gasteiger partial charge in [0.15, 0.2) is 0 Å². The molecule has 0 fully saturated rings. The summed E-state index contributed by atoms with van der Waals surface area (Å²) < 4.78 is 30.3. The van der Waals surface area contributed by atoms with Gasteiger partial charge in [-0.15, -0.1) is 0 Å². The SMILES string of the molecule is CC/C=C\C/C=C\C/C=C\C/C=C\C/C=C\C/C=C\CCCCCCCCCCC(=O)NC(COP(=O)([O-])OCC[N+](C)(C)C)C(/C=C\CCCCCCCCCCCCC)OC(=O)CCCCCC/C=C/C/C=C/C/C=C/CC.